The lowest BCUT2D eigenvalue weighted by atomic mass is 10.0. The van der Waals surface area contributed by atoms with Gasteiger partial charge < -0.3 is 4.74 Å². The summed E-state index contributed by atoms with van der Waals surface area (Å²) >= 11 is 5.36. The SMILES string of the molecule is Fc1ccc(-c2c(F)cc(OC(F)(F)c3c(F)cc(Cl)cc3F)cc2F)cc1F. The van der Waals surface area contributed by atoms with Gasteiger partial charge in [-0.2, -0.15) is 8.78 Å². The molecule has 0 saturated heterocycles. The first-order chi connectivity index (χ1) is 13.5. The van der Waals surface area contributed by atoms with Crippen molar-refractivity contribution in [1.29, 1.82) is 0 Å². The summed E-state index contributed by atoms with van der Waals surface area (Å²) in [4.78, 5) is 0. The summed E-state index contributed by atoms with van der Waals surface area (Å²) in [5.74, 6) is -10.1. The van der Waals surface area contributed by atoms with Gasteiger partial charge >= 0.3 is 6.11 Å². The molecule has 0 fully saturated rings. The quantitative estimate of drug-likeness (QED) is 0.400. The van der Waals surface area contributed by atoms with Gasteiger partial charge in [-0.3, -0.25) is 0 Å². The molecule has 3 rings (SSSR count). The number of alkyl halides is 2. The average molecular weight is 439 g/mol. The van der Waals surface area contributed by atoms with Gasteiger partial charge in [-0.05, 0) is 29.8 Å². The first kappa shape index (κ1) is 20.9. The number of benzene rings is 3. The Hall–Kier alpha value is -2.81. The fraction of sp³-hybridized carbons (Fsp3) is 0.0526. The van der Waals surface area contributed by atoms with Crippen LogP contribution in [0, 0.1) is 34.9 Å². The molecule has 0 saturated carbocycles. The van der Waals surface area contributed by atoms with E-state index in [1.807, 2.05) is 0 Å². The monoisotopic (exact) mass is 438 g/mol. The van der Waals surface area contributed by atoms with Crippen molar-refractivity contribution < 1.29 is 39.9 Å². The van der Waals surface area contributed by atoms with Crippen molar-refractivity contribution >= 4 is 11.6 Å². The molecule has 0 atom stereocenters. The van der Waals surface area contributed by atoms with Gasteiger partial charge in [0, 0.05) is 17.2 Å². The summed E-state index contributed by atoms with van der Waals surface area (Å²) in [5.41, 5.74) is -3.07. The zero-order valence-corrected chi connectivity index (χ0v) is 14.6. The van der Waals surface area contributed by atoms with Crippen LogP contribution in [0.5, 0.6) is 5.75 Å². The second-order valence-corrected chi connectivity index (χ2v) is 6.19. The van der Waals surface area contributed by atoms with Gasteiger partial charge in [0.1, 0.15) is 34.6 Å². The average Bonchev–Trinajstić information content (AvgIpc) is 2.55. The largest absolute Gasteiger partial charge is 0.432 e. The Morgan fingerprint density at radius 1 is 0.655 bits per heavy atom. The highest BCUT2D eigenvalue weighted by atomic mass is 35.5. The van der Waals surface area contributed by atoms with Crippen LogP contribution in [0.4, 0.5) is 35.1 Å². The van der Waals surface area contributed by atoms with Gasteiger partial charge in [-0.25, -0.2) is 26.3 Å². The fourth-order valence-electron chi connectivity index (χ4n) is 2.56. The first-order valence-electron chi connectivity index (χ1n) is 7.66. The smallest absolute Gasteiger partial charge is 0.429 e. The van der Waals surface area contributed by atoms with Gasteiger partial charge in [0.25, 0.3) is 0 Å². The van der Waals surface area contributed by atoms with Crippen LogP contribution in [-0.4, -0.2) is 0 Å². The van der Waals surface area contributed by atoms with Crippen LogP contribution in [0.25, 0.3) is 11.1 Å². The minimum Gasteiger partial charge on any atom is -0.429 e. The zero-order valence-electron chi connectivity index (χ0n) is 13.9. The lowest BCUT2D eigenvalue weighted by Crippen LogP contribution is -2.25. The highest BCUT2D eigenvalue weighted by molar-refractivity contribution is 6.30. The molecule has 0 aromatic heterocycles. The summed E-state index contributed by atoms with van der Waals surface area (Å²) in [5, 5.41) is -0.493. The second kappa shape index (κ2) is 7.55. The van der Waals surface area contributed by atoms with Crippen LogP contribution >= 0.6 is 11.6 Å². The third kappa shape index (κ3) is 4.14. The molecule has 0 aliphatic carbocycles. The van der Waals surface area contributed by atoms with E-state index in [-0.39, 0.29) is 0 Å². The van der Waals surface area contributed by atoms with Crippen LogP contribution in [0.3, 0.4) is 0 Å². The Bertz CT molecular complexity index is 1050. The van der Waals surface area contributed by atoms with E-state index >= 15 is 0 Å². The van der Waals surface area contributed by atoms with E-state index in [9.17, 15) is 35.1 Å². The molecule has 0 radical (unpaired) electrons. The summed E-state index contributed by atoms with van der Waals surface area (Å²) < 4.78 is 115. The molecule has 0 spiro atoms. The molecule has 0 N–H and O–H groups in total. The normalized spacial score (nSPS) is 11.6. The van der Waals surface area contributed by atoms with E-state index in [0.29, 0.717) is 36.4 Å². The molecule has 0 bridgehead atoms. The van der Waals surface area contributed by atoms with E-state index < -0.39 is 68.5 Å². The Balaban J connectivity index is 2.00. The van der Waals surface area contributed by atoms with Gasteiger partial charge in [-0.15, -0.1) is 0 Å². The summed E-state index contributed by atoms with van der Waals surface area (Å²) in [6.07, 6.45) is -4.65. The molecule has 10 heteroatoms. The predicted octanol–water partition coefficient (Wildman–Crippen LogP) is 6.97. The molecule has 152 valence electrons. The molecule has 29 heavy (non-hydrogen) atoms. The number of halogens is 9. The van der Waals surface area contributed by atoms with Crippen LogP contribution in [0.1, 0.15) is 5.56 Å². The molecule has 3 aromatic carbocycles. The third-order valence-electron chi connectivity index (χ3n) is 3.77. The number of hydrogen-bond acceptors (Lipinski definition) is 1. The molecule has 1 nitrogen and oxygen atoms in total. The number of hydrogen-bond donors (Lipinski definition) is 0. The van der Waals surface area contributed by atoms with Crippen molar-refractivity contribution in [3.8, 4) is 16.9 Å². The van der Waals surface area contributed by atoms with Crippen molar-refractivity contribution in [1.82, 2.24) is 0 Å². The molecule has 3 aromatic rings. The molecule has 0 unspecified atom stereocenters. The number of ether oxygens (including phenoxy) is 1. The maximum Gasteiger partial charge on any atom is 0.432 e. The fourth-order valence-corrected chi connectivity index (χ4v) is 2.75. The Labute approximate surface area is 163 Å². The van der Waals surface area contributed by atoms with Gasteiger partial charge in [0.05, 0.1) is 5.56 Å². The van der Waals surface area contributed by atoms with E-state index in [2.05, 4.69) is 4.74 Å². The Kier molecular flexibility index (Phi) is 5.44. The molecule has 0 aliphatic rings. The van der Waals surface area contributed by atoms with Crippen LogP contribution in [0.2, 0.25) is 5.02 Å². The molecule has 0 heterocycles. The lowest BCUT2D eigenvalue weighted by Gasteiger charge is -2.20. The van der Waals surface area contributed by atoms with Crippen LogP contribution in [0.15, 0.2) is 42.5 Å². The van der Waals surface area contributed by atoms with Crippen molar-refractivity contribution in [2.75, 3.05) is 0 Å². The van der Waals surface area contributed by atoms with E-state index in [1.165, 1.54) is 0 Å². The minimum absolute atomic E-state index is 0.305. The lowest BCUT2D eigenvalue weighted by molar-refractivity contribution is -0.189. The topological polar surface area (TPSA) is 9.23 Å². The summed E-state index contributed by atoms with van der Waals surface area (Å²) in [6, 6.07) is 3.42. The van der Waals surface area contributed by atoms with Crippen LogP contribution < -0.4 is 4.74 Å². The Morgan fingerprint density at radius 3 is 1.72 bits per heavy atom. The third-order valence-corrected chi connectivity index (χ3v) is 3.99. The Morgan fingerprint density at radius 2 is 1.21 bits per heavy atom. The van der Waals surface area contributed by atoms with Crippen molar-refractivity contribution in [3.05, 3.63) is 88.0 Å². The first-order valence-corrected chi connectivity index (χ1v) is 8.03. The van der Waals surface area contributed by atoms with E-state index in [1.54, 1.807) is 0 Å². The summed E-state index contributed by atoms with van der Waals surface area (Å²) in [6.45, 7) is 0. The maximum absolute atomic E-state index is 14.3. The molecule has 0 amide bonds. The molecular weight excluding hydrogens is 432 g/mol. The molecule has 0 aliphatic heterocycles. The highest BCUT2D eigenvalue weighted by Gasteiger charge is 2.41. The van der Waals surface area contributed by atoms with Gasteiger partial charge in [0.2, 0.25) is 0 Å². The standard InChI is InChI=1S/C19H7ClF8O/c20-9-4-15(25)18(16(26)5-9)19(27,28)29-10-6-13(23)17(14(24)7-10)8-1-2-11(21)12(22)3-8/h1-7H. The second-order valence-electron chi connectivity index (χ2n) is 5.75. The summed E-state index contributed by atoms with van der Waals surface area (Å²) in [7, 11) is 0. The van der Waals surface area contributed by atoms with Gasteiger partial charge in [-0.1, -0.05) is 17.7 Å². The maximum atomic E-state index is 14.3. The molecular formula is C19H7ClF8O. The van der Waals surface area contributed by atoms with E-state index in [0.717, 1.165) is 6.07 Å². The van der Waals surface area contributed by atoms with Crippen molar-refractivity contribution in [2.45, 2.75) is 6.11 Å². The van der Waals surface area contributed by atoms with E-state index in [4.69, 9.17) is 11.6 Å². The minimum atomic E-state index is -4.65. The highest BCUT2D eigenvalue weighted by Crippen LogP contribution is 2.38. The van der Waals surface area contributed by atoms with Crippen molar-refractivity contribution in [2.24, 2.45) is 0 Å². The van der Waals surface area contributed by atoms with Gasteiger partial charge in [0.15, 0.2) is 11.6 Å². The van der Waals surface area contributed by atoms with Crippen LogP contribution in [-0.2, 0) is 6.11 Å². The predicted molar refractivity (Wildman–Crippen MR) is 87.6 cm³/mol. The zero-order chi connectivity index (χ0) is 21.5. The number of rotatable bonds is 4. The van der Waals surface area contributed by atoms with Crippen molar-refractivity contribution in [3.63, 3.8) is 0 Å².